The van der Waals surface area contributed by atoms with Gasteiger partial charge in [0.15, 0.2) is 0 Å². The van der Waals surface area contributed by atoms with Gasteiger partial charge in [0.25, 0.3) is 0 Å². The number of hydrogen-bond acceptors (Lipinski definition) is 1. The molecule has 1 nitrogen and oxygen atoms in total. The van der Waals surface area contributed by atoms with Gasteiger partial charge in [-0.05, 0) is 42.7 Å². The SMILES string of the molecule is CCc1ccccc1CNC(C)c1cc(Br)ccc1F. The van der Waals surface area contributed by atoms with Crippen LogP contribution in [0.15, 0.2) is 46.9 Å². The molecule has 0 aromatic heterocycles. The standard InChI is InChI=1S/C17H19BrFN/c1-3-13-6-4-5-7-14(13)11-20-12(2)16-10-15(18)8-9-17(16)19/h4-10,12,20H,3,11H2,1-2H3. The minimum absolute atomic E-state index is 0.0302. The summed E-state index contributed by atoms with van der Waals surface area (Å²) in [5.74, 6) is -0.169. The van der Waals surface area contributed by atoms with Crippen LogP contribution >= 0.6 is 15.9 Å². The summed E-state index contributed by atoms with van der Waals surface area (Å²) < 4.78 is 14.7. The van der Waals surface area contributed by atoms with Gasteiger partial charge >= 0.3 is 0 Å². The van der Waals surface area contributed by atoms with Crippen LogP contribution in [0, 0.1) is 5.82 Å². The van der Waals surface area contributed by atoms with Crippen molar-refractivity contribution in [1.82, 2.24) is 5.32 Å². The molecular formula is C17H19BrFN. The van der Waals surface area contributed by atoms with E-state index in [-0.39, 0.29) is 11.9 Å². The van der Waals surface area contributed by atoms with Gasteiger partial charge in [0.05, 0.1) is 0 Å². The topological polar surface area (TPSA) is 12.0 Å². The normalized spacial score (nSPS) is 12.4. The Morgan fingerprint density at radius 1 is 1.15 bits per heavy atom. The fourth-order valence-electron chi connectivity index (χ4n) is 2.29. The summed E-state index contributed by atoms with van der Waals surface area (Å²) in [4.78, 5) is 0. The Hall–Kier alpha value is -1.19. The number of benzene rings is 2. The number of aryl methyl sites for hydroxylation is 1. The summed E-state index contributed by atoms with van der Waals surface area (Å²) in [6, 6.07) is 13.4. The van der Waals surface area contributed by atoms with E-state index in [0.717, 1.165) is 17.4 Å². The highest BCUT2D eigenvalue weighted by Crippen LogP contribution is 2.22. The minimum atomic E-state index is -0.169. The Morgan fingerprint density at radius 2 is 1.85 bits per heavy atom. The van der Waals surface area contributed by atoms with Gasteiger partial charge in [-0.25, -0.2) is 4.39 Å². The quantitative estimate of drug-likeness (QED) is 0.810. The summed E-state index contributed by atoms with van der Waals surface area (Å²) in [5, 5.41) is 3.40. The van der Waals surface area contributed by atoms with Crippen LogP contribution in [-0.4, -0.2) is 0 Å². The molecule has 0 aliphatic heterocycles. The molecule has 0 amide bonds. The molecule has 20 heavy (non-hydrogen) atoms. The zero-order chi connectivity index (χ0) is 14.5. The molecule has 2 aromatic rings. The lowest BCUT2D eigenvalue weighted by molar-refractivity contribution is 0.527. The molecule has 0 aliphatic rings. The van der Waals surface area contributed by atoms with Gasteiger partial charge in [0.1, 0.15) is 5.82 Å². The van der Waals surface area contributed by atoms with E-state index >= 15 is 0 Å². The van der Waals surface area contributed by atoms with Crippen molar-refractivity contribution < 1.29 is 4.39 Å². The maximum absolute atomic E-state index is 13.8. The number of rotatable bonds is 5. The maximum atomic E-state index is 13.8. The molecule has 2 rings (SSSR count). The van der Waals surface area contributed by atoms with Crippen LogP contribution < -0.4 is 5.32 Å². The van der Waals surface area contributed by atoms with E-state index in [0.29, 0.717) is 5.56 Å². The highest BCUT2D eigenvalue weighted by molar-refractivity contribution is 9.10. The van der Waals surface area contributed by atoms with Crippen LogP contribution in [-0.2, 0) is 13.0 Å². The van der Waals surface area contributed by atoms with Crippen molar-refractivity contribution in [3.05, 3.63) is 69.4 Å². The molecule has 1 atom stereocenters. The fourth-order valence-corrected chi connectivity index (χ4v) is 2.67. The van der Waals surface area contributed by atoms with Crippen molar-refractivity contribution in [3.8, 4) is 0 Å². The Kier molecular flexibility index (Phi) is 5.32. The molecule has 2 aromatic carbocycles. The molecule has 0 saturated heterocycles. The van der Waals surface area contributed by atoms with Crippen LogP contribution in [0.25, 0.3) is 0 Å². The zero-order valence-corrected chi connectivity index (χ0v) is 13.4. The maximum Gasteiger partial charge on any atom is 0.128 e. The molecule has 106 valence electrons. The third-order valence-corrected chi connectivity index (χ3v) is 4.02. The number of hydrogen-bond donors (Lipinski definition) is 1. The minimum Gasteiger partial charge on any atom is -0.306 e. The molecule has 0 aliphatic carbocycles. The van der Waals surface area contributed by atoms with Crippen molar-refractivity contribution >= 4 is 15.9 Å². The molecule has 1 N–H and O–H groups in total. The van der Waals surface area contributed by atoms with Gasteiger partial charge in [0.2, 0.25) is 0 Å². The van der Waals surface area contributed by atoms with E-state index in [1.165, 1.54) is 17.2 Å². The summed E-state index contributed by atoms with van der Waals surface area (Å²) in [7, 11) is 0. The fraction of sp³-hybridized carbons (Fsp3) is 0.294. The average Bonchev–Trinajstić information content (AvgIpc) is 2.47. The first kappa shape index (κ1) is 15.2. The van der Waals surface area contributed by atoms with E-state index in [4.69, 9.17) is 0 Å². The van der Waals surface area contributed by atoms with Crippen molar-refractivity contribution in [1.29, 1.82) is 0 Å². The third-order valence-electron chi connectivity index (χ3n) is 3.52. The van der Waals surface area contributed by atoms with Crippen LogP contribution in [0.5, 0.6) is 0 Å². The van der Waals surface area contributed by atoms with Gasteiger partial charge in [0, 0.05) is 22.6 Å². The van der Waals surface area contributed by atoms with Gasteiger partial charge in [-0.2, -0.15) is 0 Å². The summed E-state index contributed by atoms with van der Waals surface area (Å²) >= 11 is 3.39. The lowest BCUT2D eigenvalue weighted by Crippen LogP contribution is -2.20. The Labute approximate surface area is 128 Å². The van der Waals surface area contributed by atoms with Crippen LogP contribution in [0.1, 0.15) is 36.6 Å². The molecular weight excluding hydrogens is 317 g/mol. The molecule has 0 heterocycles. The molecule has 3 heteroatoms. The molecule has 1 unspecified atom stereocenters. The van der Waals surface area contributed by atoms with E-state index < -0.39 is 0 Å². The first-order chi connectivity index (χ1) is 9.61. The Bertz CT molecular complexity index is 583. The molecule has 0 spiro atoms. The summed E-state index contributed by atoms with van der Waals surface area (Å²) in [6.45, 7) is 4.88. The van der Waals surface area contributed by atoms with Gasteiger partial charge in [-0.1, -0.05) is 47.1 Å². The molecule has 0 saturated carbocycles. The third kappa shape index (κ3) is 3.68. The smallest absolute Gasteiger partial charge is 0.128 e. The number of halogens is 2. The van der Waals surface area contributed by atoms with Gasteiger partial charge in [-0.15, -0.1) is 0 Å². The second-order valence-corrected chi connectivity index (χ2v) is 5.81. The second-order valence-electron chi connectivity index (χ2n) is 4.89. The monoisotopic (exact) mass is 335 g/mol. The van der Waals surface area contributed by atoms with Crippen LogP contribution in [0.4, 0.5) is 4.39 Å². The highest BCUT2D eigenvalue weighted by atomic mass is 79.9. The van der Waals surface area contributed by atoms with E-state index in [1.807, 2.05) is 19.1 Å². The largest absolute Gasteiger partial charge is 0.306 e. The highest BCUT2D eigenvalue weighted by Gasteiger charge is 2.11. The lowest BCUT2D eigenvalue weighted by atomic mass is 10.0. The summed E-state index contributed by atoms with van der Waals surface area (Å²) in [6.07, 6.45) is 1.01. The predicted molar refractivity (Wildman–Crippen MR) is 85.2 cm³/mol. The van der Waals surface area contributed by atoms with Gasteiger partial charge in [-0.3, -0.25) is 0 Å². The van der Waals surface area contributed by atoms with Crippen molar-refractivity contribution in [2.24, 2.45) is 0 Å². The second kappa shape index (κ2) is 7.00. The zero-order valence-electron chi connectivity index (χ0n) is 11.8. The average molecular weight is 336 g/mol. The first-order valence-corrected chi connectivity index (χ1v) is 7.66. The van der Waals surface area contributed by atoms with Crippen molar-refractivity contribution in [2.45, 2.75) is 32.9 Å². The number of nitrogens with one attached hydrogen (secondary N) is 1. The van der Waals surface area contributed by atoms with Gasteiger partial charge < -0.3 is 5.32 Å². The van der Waals surface area contributed by atoms with E-state index in [1.54, 1.807) is 6.07 Å². The molecule has 0 fully saturated rings. The first-order valence-electron chi connectivity index (χ1n) is 6.87. The van der Waals surface area contributed by atoms with E-state index in [9.17, 15) is 4.39 Å². The summed E-state index contributed by atoms with van der Waals surface area (Å²) in [5.41, 5.74) is 3.30. The Morgan fingerprint density at radius 3 is 2.55 bits per heavy atom. The molecule has 0 bridgehead atoms. The van der Waals surface area contributed by atoms with E-state index in [2.05, 4.69) is 46.4 Å². The van der Waals surface area contributed by atoms with Crippen molar-refractivity contribution in [3.63, 3.8) is 0 Å². The molecule has 0 radical (unpaired) electrons. The van der Waals surface area contributed by atoms with Crippen LogP contribution in [0.2, 0.25) is 0 Å². The predicted octanol–water partition coefficient (Wildman–Crippen LogP) is 5.00. The Balaban J connectivity index is 2.08. The van der Waals surface area contributed by atoms with Crippen molar-refractivity contribution in [2.75, 3.05) is 0 Å². The van der Waals surface area contributed by atoms with Crippen LogP contribution in [0.3, 0.4) is 0 Å². The lowest BCUT2D eigenvalue weighted by Gasteiger charge is -2.17.